The lowest BCUT2D eigenvalue weighted by molar-refractivity contribution is 0.0323. The van der Waals surface area contributed by atoms with Crippen molar-refractivity contribution in [3.05, 3.63) is 108 Å². The van der Waals surface area contributed by atoms with Gasteiger partial charge in [-0.05, 0) is 35.4 Å². The molecule has 0 aromatic heterocycles. The molecule has 4 aromatic carbocycles. The number of carbonyl (C=O) groups excluding carboxylic acids is 1. The molecule has 1 fully saturated rings. The van der Waals surface area contributed by atoms with E-state index in [1.165, 1.54) is 0 Å². The van der Waals surface area contributed by atoms with Crippen molar-refractivity contribution in [3.8, 4) is 5.75 Å². The van der Waals surface area contributed by atoms with Gasteiger partial charge in [-0.2, -0.15) is 0 Å². The monoisotopic (exact) mass is 478 g/mol. The Balaban J connectivity index is 1.29. The summed E-state index contributed by atoms with van der Waals surface area (Å²) in [7, 11) is 0. The number of nitrogens with one attached hydrogen (secondary N) is 1. The van der Waals surface area contributed by atoms with Crippen LogP contribution >= 0.6 is 0 Å². The van der Waals surface area contributed by atoms with Crippen molar-refractivity contribution in [2.24, 2.45) is 0 Å². The first-order chi connectivity index (χ1) is 17.8. The zero-order valence-corrected chi connectivity index (χ0v) is 20.2. The van der Waals surface area contributed by atoms with Crippen molar-refractivity contribution in [1.82, 2.24) is 4.90 Å². The molecule has 4 aromatic rings. The van der Waals surface area contributed by atoms with Crippen LogP contribution in [0.1, 0.15) is 21.5 Å². The van der Waals surface area contributed by atoms with Gasteiger partial charge >= 0.3 is 0 Å². The van der Waals surface area contributed by atoms with Crippen LogP contribution in [0, 0.1) is 0 Å². The molecule has 36 heavy (non-hydrogen) atoms. The summed E-state index contributed by atoms with van der Waals surface area (Å²) in [6, 6.07) is 29.6. The lowest BCUT2D eigenvalue weighted by atomic mass is 10.1. The Morgan fingerprint density at radius 3 is 2.39 bits per heavy atom. The van der Waals surface area contributed by atoms with Gasteiger partial charge in [0.25, 0.3) is 5.91 Å². The molecule has 0 bridgehead atoms. The highest BCUT2D eigenvalue weighted by Crippen LogP contribution is 2.32. The maximum absolute atomic E-state index is 13.1. The van der Waals surface area contributed by atoms with Gasteiger partial charge in [-0.1, -0.05) is 78.9 Å². The summed E-state index contributed by atoms with van der Waals surface area (Å²) in [6.45, 7) is 4.92. The Morgan fingerprint density at radius 2 is 1.56 bits per heavy atom. The Labute approximate surface area is 212 Å². The number of benzene rings is 4. The number of anilines is 1. The number of ether oxygens (including phenoxy) is 2. The van der Waals surface area contributed by atoms with E-state index in [4.69, 9.17) is 9.47 Å². The van der Waals surface area contributed by atoms with Crippen LogP contribution in [-0.2, 0) is 4.74 Å². The number of morpholine rings is 1. The molecule has 182 valence electrons. The first-order valence-corrected chi connectivity index (χ1v) is 12.4. The highest BCUT2D eigenvalue weighted by atomic mass is 16.5. The SMILES string of the molecule is O=C(Nc1ccc(OCCN2CCOCC2)c2ccccc12)c1cccc(/C=C/c2ccccc2)c1. The van der Waals surface area contributed by atoms with Gasteiger partial charge in [0.2, 0.25) is 0 Å². The molecule has 0 atom stereocenters. The van der Waals surface area contributed by atoms with Gasteiger partial charge in [-0.3, -0.25) is 9.69 Å². The number of amides is 1. The Kier molecular flexibility index (Phi) is 7.71. The fourth-order valence-electron chi connectivity index (χ4n) is 4.35. The average Bonchev–Trinajstić information content (AvgIpc) is 2.94. The second kappa shape index (κ2) is 11.7. The van der Waals surface area contributed by atoms with Crippen LogP contribution in [0.15, 0.2) is 91.0 Å². The topological polar surface area (TPSA) is 50.8 Å². The smallest absolute Gasteiger partial charge is 0.255 e. The van der Waals surface area contributed by atoms with Crippen LogP contribution in [0.2, 0.25) is 0 Å². The molecule has 1 aliphatic rings. The zero-order chi connectivity index (χ0) is 24.6. The van der Waals surface area contributed by atoms with Gasteiger partial charge in [-0.15, -0.1) is 0 Å². The highest BCUT2D eigenvalue weighted by Gasteiger charge is 2.13. The second-order valence-corrected chi connectivity index (χ2v) is 8.78. The molecule has 1 aliphatic heterocycles. The van der Waals surface area contributed by atoms with Crippen LogP contribution in [0.3, 0.4) is 0 Å². The van der Waals surface area contributed by atoms with Gasteiger partial charge in [-0.25, -0.2) is 0 Å². The third kappa shape index (κ3) is 6.00. The van der Waals surface area contributed by atoms with Crippen LogP contribution in [0.4, 0.5) is 5.69 Å². The third-order valence-electron chi connectivity index (χ3n) is 6.32. The third-order valence-corrected chi connectivity index (χ3v) is 6.32. The number of rotatable bonds is 8. The Bertz CT molecular complexity index is 1340. The molecule has 5 nitrogen and oxygen atoms in total. The van der Waals surface area contributed by atoms with Crippen LogP contribution in [0.25, 0.3) is 22.9 Å². The lowest BCUT2D eigenvalue weighted by Gasteiger charge is -2.26. The molecule has 1 N–H and O–H groups in total. The highest BCUT2D eigenvalue weighted by molar-refractivity contribution is 6.10. The predicted octanol–water partition coefficient (Wildman–Crippen LogP) is 5.97. The van der Waals surface area contributed by atoms with Crippen LogP contribution < -0.4 is 10.1 Å². The molecular formula is C31H30N2O3. The van der Waals surface area contributed by atoms with E-state index in [2.05, 4.69) is 10.2 Å². The zero-order valence-electron chi connectivity index (χ0n) is 20.2. The quantitative estimate of drug-likeness (QED) is 0.317. The molecular weight excluding hydrogens is 448 g/mol. The fraction of sp³-hybridized carbons (Fsp3) is 0.194. The average molecular weight is 479 g/mol. The van der Waals surface area contributed by atoms with Crippen LogP contribution in [0.5, 0.6) is 5.75 Å². The number of nitrogens with zero attached hydrogens (tertiary/aromatic N) is 1. The van der Waals surface area contributed by atoms with Gasteiger partial charge < -0.3 is 14.8 Å². The molecule has 0 unspecified atom stereocenters. The maximum atomic E-state index is 13.1. The summed E-state index contributed by atoms with van der Waals surface area (Å²) in [5.41, 5.74) is 3.47. The molecule has 0 aliphatic carbocycles. The Morgan fingerprint density at radius 1 is 0.833 bits per heavy atom. The van der Waals surface area contributed by atoms with Crippen molar-refractivity contribution < 1.29 is 14.3 Å². The molecule has 0 radical (unpaired) electrons. The standard InChI is InChI=1S/C31H30N2O3/c34-31(26-10-6-9-25(23-26)14-13-24-7-2-1-3-8-24)32-29-15-16-30(28-12-5-4-11-27(28)29)36-22-19-33-17-20-35-21-18-33/h1-16,23H,17-22H2,(H,32,34)/b14-13+. The molecule has 1 saturated heterocycles. The van der Waals surface area contributed by atoms with E-state index >= 15 is 0 Å². The predicted molar refractivity (Wildman–Crippen MR) is 146 cm³/mol. The number of carbonyl (C=O) groups is 1. The van der Waals surface area contributed by atoms with E-state index in [0.717, 1.165) is 66.2 Å². The number of fused-ring (bicyclic) bond motifs is 1. The Hall–Kier alpha value is -3.93. The molecule has 0 spiro atoms. The second-order valence-electron chi connectivity index (χ2n) is 8.78. The van der Waals surface area contributed by atoms with Crippen molar-refractivity contribution in [2.75, 3.05) is 44.8 Å². The normalized spacial score (nSPS) is 14.2. The van der Waals surface area contributed by atoms with Gasteiger partial charge in [0.1, 0.15) is 12.4 Å². The van der Waals surface area contributed by atoms with Gasteiger partial charge in [0.15, 0.2) is 0 Å². The van der Waals surface area contributed by atoms with E-state index in [1.54, 1.807) is 0 Å². The number of hydrogen-bond donors (Lipinski definition) is 1. The first kappa shape index (κ1) is 23.8. The first-order valence-electron chi connectivity index (χ1n) is 12.4. The number of hydrogen-bond acceptors (Lipinski definition) is 4. The molecule has 5 heteroatoms. The summed E-state index contributed by atoms with van der Waals surface area (Å²) in [5.74, 6) is 0.681. The minimum atomic E-state index is -0.143. The van der Waals surface area contributed by atoms with E-state index in [-0.39, 0.29) is 5.91 Å². The van der Waals surface area contributed by atoms with E-state index in [0.29, 0.717) is 12.2 Å². The molecule has 5 rings (SSSR count). The minimum Gasteiger partial charge on any atom is -0.492 e. The summed E-state index contributed by atoms with van der Waals surface area (Å²) in [5, 5.41) is 5.03. The fourth-order valence-corrected chi connectivity index (χ4v) is 4.35. The van der Waals surface area contributed by atoms with Gasteiger partial charge in [0.05, 0.1) is 13.2 Å². The minimum absolute atomic E-state index is 0.143. The molecule has 1 amide bonds. The summed E-state index contributed by atoms with van der Waals surface area (Å²) >= 11 is 0. The largest absolute Gasteiger partial charge is 0.492 e. The van der Waals surface area contributed by atoms with Gasteiger partial charge in [0, 0.05) is 41.7 Å². The van der Waals surface area contributed by atoms with Crippen LogP contribution in [-0.4, -0.2) is 50.3 Å². The van der Waals surface area contributed by atoms with E-state index in [1.807, 2.05) is 103 Å². The lowest BCUT2D eigenvalue weighted by Crippen LogP contribution is -2.38. The summed E-state index contributed by atoms with van der Waals surface area (Å²) in [6.07, 6.45) is 4.06. The van der Waals surface area contributed by atoms with E-state index < -0.39 is 0 Å². The van der Waals surface area contributed by atoms with Crippen molar-refractivity contribution in [3.63, 3.8) is 0 Å². The molecule has 1 heterocycles. The maximum Gasteiger partial charge on any atom is 0.255 e. The van der Waals surface area contributed by atoms with Crippen molar-refractivity contribution >= 4 is 34.5 Å². The van der Waals surface area contributed by atoms with Crippen molar-refractivity contribution in [1.29, 1.82) is 0 Å². The summed E-state index contributed by atoms with van der Waals surface area (Å²) < 4.78 is 11.6. The van der Waals surface area contributed by atoms with E-state index in [9.17, 15) is 4.79 Å². The van der Waals surface area contributed by atoms with Crippen molar-refractivity contribution in [2.45, 2.75) is 0 Å². The summed E-state index contributed by atoms with van der Waals surface area (Å²) in [4.78, 5) is 15.5. The molecule has 0 saturated carbocycles.